The van der Waals surface area contributed by atoms with Crippen LogP contribution in [0.4, 0.5) is 8.78 Å². The monoisotopic (exact) mass is 307 g/mol. The van der Waals surface area contributed by atoms with Gasteiger partial charge in [-0.05, 0) is 24.6 Å². The fourth-order valence-corrected chi connectivity index (χ4v) is 2.00. The number of rotatable bonds is 9. The molecule has 0 radical (unpaired) electrons. The third-order valence-corrected chi connectivity index (χ3v) is 3.20. The average molecular weight is 307 g/mol. The van der Waals surface area contributed by atoms with Crippen LogP contribution in [0.2, 0.25) is 0 Å². The lowest BCUT2D eigenvalue weighted by Gasteiger charge is -2.13. The highest BCUT2D eigenvalue weighted by Crippen LogP contribution is 2.29. The Hall–Kier alpha value is -1.21. The first-order valence-corrected chi connectivity index (χ1v) is 7.97. The quantitative estimate of drug-likeness (QED) is 0.710. The third kappa shape index (κ3) is 6.29. The van der Waals surface area contributed by atoms with E-state index in [-0.39, 0.29) is 5.75 Å². The minimum absolute atomic E-state index is 0.0280. The van der Waals surface area contributed by atoms with Gasteiger partial charge in [-0.15, -0.1) is 0 Å². The molecule has 0 spiro atoms. The van der Waals surface area contributed by atoms with Crippen LogP contribution in [0.5, 0.6) is 11.5 Å². The molecular weight excluding hydrogens is 288 g/mol. The molecule has 0 aromatic heterocycles. The summed E-state index contributed by atoms with van der Waals surface area (Å²) in [7, 11) is -0.832. The van der Waals surface area contributed by atoms with Crippen LogP contribution in [0.1, 0.15) is 12.5 Å². The van der Waals surface area contributed by atoms with Gasteiger partial charge in [-0.25, -0.2) is 0 Å². The SMILES string of the molecule is CCOc1cc(CNCCS(C)=O)ccc1OC(F)F. The Morgan fingerprint density at radius 1 is 1.35 bits per heavy atom. The van der Waals surface area contributed by atoms with Crippen LogP contribution in [-0.2, 0) is 17.3 Å². The van der Waals surface area contributed by atoms with Gasteiger partial charge < -0.3 is 14.8 Å². The molecule has 1 aromatic rings. The lowest BCUT2D eigenvalue weighted by Crippen LogP contribution is -2.19. The molecule has 0 amide bonds. The van der Waals surface area contributed by atoms with Gasteiger partial charge in [-0.3, -0.25) is 4.21 Å². The predicted molar refractivity (Wildman–Crippen MR) is 74.9 cm³/mol. The molecule has 0 aliphatic rings. The van der Waals surface area contributed by atoms with Crippen molar-refractivity contribution in [2.24, 2.45) is 0 Å². The highest BCUT2D eigenvalue weighted by Gasteiger charge is 2.11. The summed E-state index contributed by atoms with van der Waals surface area (Å²) >= 11 is 0. The zero-order valence-corrected chi connectivity index (χ0v) is 12.3. The van der Waals surface area contributed by atoms with Crippen LogP contribution in [-0.4, -0.2) is 36.0 Å². The first-order valence-electron chi connectivity index (χ1n) is 6.24. The molecule has 0 saturated carbocycles. The van der Waals surface area contributed by atoms with Crippen LogP contribution in [0.25, 0.3) is 0 Å². The highest BCUT2D eigenvalue weighted by atomic mass is 32.2. The fraction of sp³-hybridized carbons (Fsp3) is 0.538. The van der Waals surface area contributed by atoms with Crippen molar-refractivity contribution in [1.29, 1.82) is 0 Å². The molecule has 114 valence electrons. The Balaban J connectivity index is 2.64. The topological polar surface area (TPSA) is 47.6 Å². The second kappa shape index (κ2) is 8.86. The van der Waals surface area contributed by atoms with Crippen molar-refractivity contribution in [1.82, 2.24) is 5.32 Å². The molecule has 0 fully saturated rings. The van der Waals surface area contributed by atoms with Gasteiger partial charge in [0.2, 0.25) is 0 Å². The maximum absolute atomic E-state index is 12.2. The number of hydrogen-bond donors (Lipinski definition) is 1. The van der Waals surface area contributed by atoms with E-state index in [0.29, 0.717) is 31.2 Å². The molecular formula is C13H19F2NO3S. The van der Waals surface area contributed by atoms with E-state index in [1.165, 1.54) is 6.07 Å². The van der Waals surface area contributed by atoms with Crippen molar-refractivity contribution < 1.29 is 22.5 Å². The molecule has 1 atom stereocenters. The van der Waals surface area contributed by atoms with Gasteiger partial charge in [-0.1, -0.05) is 6.07 Å². The molecule has 1 aromatic carbocycles. The molecule has 0 bridgehead atoms. The Labute approximate surface area is 119 Å². The second-order valence-electron chi connectivity index (χ2n) is 4.05. The minimum atomic E-state index is -2.88. The van der Waals surface area contributed by atoms with Gasteiger partial charge in [0.1, 0.15) is 0 Å². The van der Waals surface area contributed by atoms with E-state index in [9.17, 15) is 13.0 Å². The summed E-state index contributed by atoms with van der Waals surface area (Å²) in [5.41, 5.74) is 0.886. The van der Waals surface area contributed by atoms with E-state index >= 15 is 0 Å². The van der Waals surface area contributed by atoms with Crippen molar-refractivity contribution in [2.75, 3.05) is 25.2 Å². The average Bonchev–Trinajstić information content (AvgIpc) is 2.37. The van der Waals surface area contributed by atoms with Crippen LogP contribution in [0, 0.1) is 0 Å². The summed E-state index contributed by atoms with van der Waals surface area (Å²) < 4.78 is 45.1. The number of nitrogens with one attached hydrogen (secondary N) is 1. The zero-order chi connectivity index (χ0) is 15.0. The molecule has 0 aliphatic carbocycles. The van der Waals surface area contributed by atoms with E-state index in [1.807, 2.05) is 0 Å². The Morgan fingerprint density at radius 2 is 2.10 bits per heavy atom. The molecule has 1 N–H and O–H groups in total. The van der Waals surface area contributed by atoms with Crippen LogP contribution >= 0.6 is 0 Å². The number of alkyl halides is 2. The second-order valence-corrected chi connectivity index (χ2v) is 5.60. The zero-order valence-electron chi connectivity index (χ0n) is 11.5. The van der Waals surface area contributed by atoms with Gasteiger partial charge in [0.05, 0.1) is 6.61 Å². The third-order valence-electron chi connectivity index (χ3n) is 2.42. The summed E-state index contributed by atoms with van der Waals surface area (Å²) in [6, 6.07) is 4.82. The number of ether oxygens (including phenoxy) is 2. The molecule has 7 heteroatoms. The Kier molecular flexibility index (Phi) is 7.46. The predicted octanol–water partition coefficient (Wildman–Crippen LogP) is 2.15. The Morgan fingerprint density at radius 3 is 2.70 bits per heavy atom. The highest BCUT2D eigenvalue weighted by molar-refractivity contribution is 7.84. The van der Waals surface area contributed by atoms with Crippen LogP contribution < -0.4 is 14.8 Å². The van der Waals surface area contributed by atoms with Crippen molar-refractivity contribution in [3.8, 4) is 11.5 Å². The first kappa shape index (κ1) is 16.8. The summed E-state index contributed by atoms with van der Waals surface area (Å²) in [6.07, 6.45) is 1.64. The van der Waals surface area contributed by atoms with Crippen LogP contribution in [0.3, 0.4) is 0 Å². The van der Waals surface area contributed by atoms with Crippen molar-refractivity contribution in [3.63, 3.8) is 0 Å². The summed E-state index contributed by atoms with van der Waals surface area (Å²) in [4.78, 5) is 0. The number of hydrogen-bond acceptors (Lipinski definition) is 4. The molecule has 0 aliphatic heterocycles. The van der Waals surface area contributed by atoms with Gasteiger partial charge >= 0.3 is 6.61 Å². The van der Waals surface area contributed by atoms with Gasteiger partial charge in [0, 0.05) is 35.9 Å². The summed E-state index contributed by atoms with van der Waals surface area (Å²) in [5, 5.41) is 3.13. The maximum atomic E-state index is 12.2. The molecule has 1 rings (SSSR count). The Bertz CT molecular complexity index is 444. The van der Waals surface area contributed by atoms with Crippen molar-refractivity contribution >= 4 is 10.8 Å². The summed E-state index contributed by atoms with van der Waals surface area (Å²) in [5.74, 6) is 0.900. The first-order chi connectivity index (χ1) is 9.52. The van der Waals surface area contributed by atoms with E-state index in [1.54, 1.807) is 25.3 Å². The fourth-order valence-electron chi connectivity index (χ4n) is 1.57. The molecule has 0 saturated heterocycles. The van der Waals surface area contributed by atoms with Gasteiger partial charge in [0.15, 0.2) is 11.5 Å². The smallest absolute Gasteiger partial charge is 0.387 e. The lowest BCUT2D eigenvalue weighted by atomic mass is 10.2. The molecule has 1 unspecified atom stereocenters. The molecule has 4 nitrogen and oxygen atoms in total. The van der Waals surface area contributed by atoms with Crippen molar-refractivity contribution in [3.05, 3.63) is 23.8 Å². The normalized spacial score (nSPS) is 12.4. The van der Waals surface area contributed by atoms with E-state index in [0.717, 1.165) is 5.56 Å². The maximum Gasteiger partial charge on any atom is 0.387 e. The van der Waals surface area contributed by atoms with Crippen molar-refractivity contribution in [2.45, 2.75) is 20.1 Å². The summed E-state index contributed by atoms with van der Waals surface area (Å²) in [6.45, 7) is 0.436. The van der Waals surface area contributed by atoms with E-state index in [4.69, 9.17) is 4.74 Å². The molecule has 0 heterocycles. The van der Waals surface area contributed by atoms with E-state index in [2.05, 4.69) is 10.1 Å². The largest absolute Gasteiger partial charge is 0.490 e. The van der Waals surface area contributed by atoms with Crippen LogP contribution in [0.15, 0.2) is 18.2 Å². The lowest BCUT2D eigenvalue weighted by molar-refractivity contribution is -0.0514. The number of benzene rings is 1. The van der Waals surface area contributed by atoms with E-state index < -0.39 is 17.4 Å². The van der Waals surface area contributed by atoms with Gasteiger partial charge in [-0.2, -0.15) is 8.78 Å². The number of halogens is 2. The standard InChI is InChI=1S/C13H19F2NO3S/c1-3-18-12-8-10(9-16-6-7-20(2)17)4-5-11(12)19-13(14)15/h4-5,8,13,16H,3,6-7,9H2,1-2H3. The minimum Gasteiger partial charge on any atom is -0.490 e. The molecule has 20 heavy (non-hydrogen) atoms. The van der Waals surface area contributed by atoms with Gasteiger partial charge in [0.25, 0.3) is 0 Å².